The Hall–Kier alpha value is -2.52. The molecule has 6 heteroatoms. The average Bonchev–Trinajstić information content (AvgIpc) is 3.02. The van der Waals surface area contributed by atoms with Crippen molar-refractivity contribution in [1.82, 2.24) is 19.7 Å². The van der Waals surface area contributed by atoms with E-state index in [0.29, 0.717) is 12.0 Å². The monoisotopic (exact) mass is 379 g/mol. The normalized spacial score (nSPS) is 20.2. The summed E-state index contributed by atoms with van der Waals surface area (Å²) in [7, 11) is 0. The topological polar surface area (TPSA) is 67.4 Å². The van der Waals surface area contributed by atoms with Crippen molar-refractivity contribution in [3.05, 3.63) is 53.4 Å². The van der Waals surface area contributed by atoms with Crippen LogP contribution in [0.3, 0.4) is 0 Å². The zero-order valence-electron chi connectivity index (χ0n) is 12.8. The van der Waals surface area contributed by atoms with Crippen LogP contribution in [0.2, 0.25) is 0 Å². The highest BCUT2D eigenvalue weighted by Crippen LogP contribution is 2.38. The third-order valence-electron chi connectivity index (χ3n) is 4.37. The van der Waals surface area contributed by atoms with E-state index in [-0.39, 0.29) is 0 Å². The van der Waals surface area contributed by atoms with Gasteiger partial charge >= 0.3 is 0 Å². The fourth-order valence-electron chi connectivity index (χ4n) is 2.98. The average molecular weight is 380 g/mol. The molecule has 2 heterocycles. The Morgan fingerprint density at radius 3 is 2.96 bits per heavy atom. The van der Waals surface area contributed by atoms with E-state index in [1.165, 1.54) is 0 Å². The van der Waals surface area contributed by atoms with Crippen molar-refractivity contribution in [3.63, 3.8) is 0 Å². The van der Waals surface area contributed by atoms with Gasteiger partial charge in [0.05, 0.1) is 41.2 Å². The molecule has 0 unspecified atom stereocenters. The molecule has 1 aliphatic carbocycles. The molecule has 118 valence electrons. The van der Waals surface area contributed by atoms with E-state index in [1.54, 1.807) is 12.3 Å². The van der Waals surface area contributed by atoms with Gasteiger partial charge < -0.3 is 0 Å². The molecule has 2 aromatic heterocycles. The van der Waals surface area contributed by atoms with Crippen LogP contribution in [-0.2, 0) is 0 Å². The molecule has 5 nitrogen and oxygen atoms in total. The lowest BCUT2D eigenvalue weighted by Crippen LogP contribution is -2.25. The number of benzene rings is 1. The molecule has 1 fully saturated rings. The van der Waals surface area contributed by atoms with Crippen LogP contribution < -0.4 is 0 Å². The number of halogens is 1. The second-order valence-corrected chi connectivity index (χ2v) is 6.89. The first kappa shape index (κ1) is 15.0. The van der Waals surface area contributed by atoms with Crippen LogP contribution in [0.5, 0.6) is 0 Å². The molecule has 0 saturated heterocycles. The van der Waals surface area contributed by atoms with Crippen molar-refractivity contribution in [1.29, 1.82) is 5.26 Å². The van der Waals surface area contributed by atoms with Crippen LogP contribution in [0.4, 0.5) is 0 Å². The molecule has 3 aromatic rings. The summed E-state index contributed by atoms with van der Waals surface area (Å²) in [5.41, 5.74) is 3.54. The second-order valence-electron chi connectivity index (χ2n) is 5.97. The summed E-state index contributed by atoms with van der Waals surface area (Å²) < 4.78 is 2.99. The minimum atomic E-state index is 0.398. The Morgan fingerprint density at radius 1 is 1.25 bits per heavy atom. The van der Waals surface area contributed by atoms with Gasteiger partial charge in [-0.3, -0.25) is 9.67 Å². The Kier molecular flexibility index (Phi) is 3.87. The van der Waals surface area contributed by atoms with Gasteiger partial charge in [-0.05, 0) is 37.0 Å². The number of nitrogens with zero attached hydrogens (tertiary/aromatic N) is 5. The smallest absolute Gasteiger partial charge is 0.0924 e. The zero-order valence-corrected chi connectivity index (χ0v) is 14.4. The van der Waals surface area contributed by atoms with Gasteiger partial charge in [-0.1, -0.05) is 22.0 Å². The number of hydrogen-bond acceptors (Lipinski definition) is 4. The third kappa shape index (κ3) is 2.83. The largest absolute Gasteiger partial charge is 0.269 e. The molecule has 1 saturated carbocycles. The molecule has 0 aliphatic heterocycles. The maximum Gasteiger partial charge on any atom is 0.0924 e. The lowest BCUT2D eigenvalue weighted by molar-refractivity contribution is 0.224. The van der Waals surface area contributed by atoms with Gasteiger partial charge in [0.1, 0.15) is 0 Å². The second kappa shape index (κ2) is 6.17. The lowest BCUT2D eigenvalue weighted by atomic mass is 9.80. The predicted octanol–water partition coefficient (Wildman–Crippen LogP) is 4.29. The Morgan fingerprint density at radius 2 is 2.12 bits per heavy atom. The maximum absolute atomic E-state index is 8.57. The molecular formula is C18H14BrN5. The lowest BCUT2D eigenvalue weighted by Gasteiger charge is -2.33. The quantitative estimate of drug-likeness (QED) is 0.636. The summed E-state index contributed by atoms with van der Waals surface area (Å²) in [6.07, 6.45) is 11.3. The first-order valence-electron chi connectivity index (χ1n) is 7.76. The summed E-state index contributed by atoms with van der Waals surface area (Å²) in [5.74, 6) is 0.486. The minimum Gasteiger partial charge on any atom is -0.269 e. The molecule has 0 spiro atoms. The van der Waals surface area contributed by atoms with Gasteiger partial charge in [0.25, 0.3) is 0 Å². The van der Waals surface area contributed by atoms with Crippen molar-refractivity contribution in [2.45, 2.75) is 18.9 Å². The fraction of sp³-hybridized carbons (Fsp3) is 0.222. The van der Waals surface area contributed by atoms with Crippen molar-refractivity contribution in [3.8, 4) is 17.3 Å². The van der Waals surface area contributed by atoms with Crippen molar-refractivity contribution in [2.75, 3.05) is 0 Å². The van der Waals surface area contributed by atoms with Gasteiger partial charge in [0.2, 0.25) is 0 Å². The molecule has 1 aromatic carbocycles. The molecule has 1 aliphatic rings. The summed E-state index contributed by atoms with van der Waals surface area (Å²) in [6, 6.07) is 8.32. The van der Waals surface area contributed by atoms with Gasteiger partial charge in [-0.25, -0.2) is 4.98 Å². The molecule has 0 bridgehead atoms. The van der Waals surface area contributed by atoms with E-state index in [9.17, 15) is 0 Å². The number of fused-ring (bicyclic) bond motifs is 1. The maximum atomic E-state index is 8.57. The van der Waals surface area contributed by atoms with Crippen LogP contribution in [0.1, 0.15) is 18.9 Å². The molecule has 0 amide bonds. The molecule has 0 radical (unpaired) electrons. The van der Waals surface area contributed by atoms with E-state index in [0.717, 1.165) is 39.6 Å². The first-order valence-corrected chi connectivity index (χ1v) is 8.55. The summed E-state index contributed by atoms with van der Waals surface area (Å²) >= 11 is 3.47. The highest BCUT2D eigenvalue weighted by atomic mass is 79.9. The van der Waals surface area contributed by atoms with Crippen LogP contribution >= 0.6 is 15.9 Å². The Labute approximate surface area is 147 Å². The number of nitriles is 1. The summed E-state index contributed by atoms with van der Waals surface area (Å²) in [6.45, 7) is 0. The van der Waals surface area contributed by atoms with Crippen LogP contribution in [0.15, 0.2) is 53.4 Å². The summed E-state index contributed by atoms with van der Waals surface area (Å²) in [5, 5.41) is 13.0. The highest BCUT2D eigenvalue weighted by Gasteiger charge is 2.29. The molecule has 0 N–H and O–H groups in total. The van der Waals surface area contributed by atoms with Crippen LogP contribution in [0, 0.1) is 17.2 Å². The zero-order chi connectivity index (χ0) is 16.5. The fourth-order valence-corrected chi connectivity index (χ4v) is 3.32. The van der Waals surface area contributed by atoms with Crippen molar-refractivity contribution < 1.29 is 0 Å². The first-order chi connectivity index (χ1) is 11.7. The van der Waals surface area contributed by atoms with E-state index in [2.05, 4.69) is 31.0 Å². The molecule has 24 heavy (non-hydrogen) atoms. The minimum absolute atomic E-state index is 0.398. The number of hydrogen-bond donors (Lipinski definition) is 0. The van der Waals surface area contributed by atoms with Crippen LogP contribution in [0.25, 0.3) is 22.3 Å². The number of allylic oxidation sites excluding steroid dienone is 2. The van der Waals surface area contributed by atoms with Gasteiger partial charge in [0.15, 0.2) is 0 Å². The predicted molar refractivity (Wildman–Crippen MR) is 95.0 cm³/mol. The molecule has 0 atom stereocenters. The third-order valence-corrected chi connectivity index (χ3v) is 4.86. The highest BCUT2D eigenvalue weighted by molar-refractivity contribution is 9.10. The van der Waals surface area contributed by atoms with Crippen molar-refractivity contribution in [2.24, 2.45) is 5.92 Å². The molecular weight excluding hydrogens is 366 g/mol. The summed E-state index contributed by atoms with van der Waals surface area (Å²) in [4.78, 5) is 9.16. The van der Waals surface area contributed by atoms with E-state index in [1.807, 2.05) is 47.4 Å². The van der Waals surface area contributed by atoms with Gasteiger partial charge in [-0.15, -0.1) is 0 Å². The Balaban J connectivity index is 1.55. The van der Waals surface area contributed by atoms with E-state index < -0.39 is 0 Å². The van der Waals surface area contributed by atoms with Gasteiger partial charge in [0, 0.05) is 22.3 Å². The SMILES string of the molecule is N#C/C=C/C1CC(n2cc(-c3cnc4ccc(Br)cc4n3)cn2)C1. The number of aromatic nitrogens is 4. The van der Waals surface area contributed by atoms with Crippen molar-refractivity contribution >= 4 is 27.0 Å². The van der Waals surface area contributed by atoms with E-state index >= 15 is 0 Å². The Bertz CT molecular complexity index is 963. The number of rotatable bonds is 3. The van der Waals surface area contributed by atoms with Gasteiger partial charge in [-0.2, -0.15) is 10.4 Å². The molecule has 4 rings (SSSR count). The standard InChI is InChI=1S/C18H14BrN5/c19-14-3-4-16-17(8-14)23-18(10-21-16)13-9-22-24(11-13)15-6-12(7-15)2-1-5-20/h1-4,8-12,15H,6-7H2/b2-1+. The van der Waals surface area contributed by atoms with E-state index in [4.69, 9.17) is 5.26 Å². The van der Waals surface area contributed by atoms with Crippen LogP contribution in [-0.4, -0.2) is 19.7 Å².